The quantitative estimate of drug-likeness (QED) is 0.157. The largest absolute Gasteiger partial charge is 2.00 e. The van der Waals surface area contributed by atoms with E-state index < -0.39 is 0 Å². The molecule has 0 spiro atoms. The van der Waals surface area contributed by atoms with Crippen LogP contribution in [0.15, 0.2) is 128 Å². The standard InChI is InChI=1S/C43H36N4O.Pt/c1-42(2,3)31-22-23-44-41(25-31)47-39-21-18-32(43(4,5)30-13-7-6-8-14-30)24-37(39)36-20-19-35(27-40(36)47)48-34-16-11-15-33(26-34)46-28-29-12-9-10-17-38(29)45-46;/h6-25,28H,1-5H3;/q-2;+2. The van der Waals surface area contributed by atoms with Crippen LogP contribution < -0.4 is 4.74 Å². The summed E-state index contributed by atoms with van der Waals surface area (Å²) in [5, 5.41) is 8.03. The summed E-state index contributed by atoms with van der Waals surface area (Å²) in [6, 6.07) is 46.8. The minimum absolute atomic E-state index is 0. The maximum absolute atomic E-state index is 6.44. The van der Waals surface area contributed by atoms with Crippen LogP contribution in [-0.2, 0) is 31.9 Å². The zero-order valence-corrected chi connectivity index (χ0v) is 30.4. The second-order valence-electron chi connectivity index (χ2n) is 13.9. The van der Waals surface area contributed by atoms with Crippen molar-refractivity contribution in [2.75, 3.05) is 0 Å². The second kappa shape index (κ2) is 12.5. The summed E-state index contributed by atoms with van der Waals surface area (Å²) in [6.45, 7) is 11.2. The molecule has 0 fully saturated rings. The summed E-state index contributed by atoms with van der Waals surface area (Å²) in [5.41, 5.74) is 7.25. The molecular weight excluding hydrogens is 784 g/mol. The van der Waals surface area contributed by atoms with Gasteiger partial charge in [0.05, 0.1) is 5.52 Å². The number of fused-ring (bicyclic) bond motifs is 4. The van der Waals surface area contributed by atoms with Gasteiger partial charge in [-0.1, -0.05) is 101 Å². The van der Waals surface area contributed by atoms with E-state index in [1.54, 1.807) is 0 Å². The first-order valence-electron chi connectivity index (χ1n) is 16.3. The summed E-state index contributed by atoms with van der Waals surface area (Å²) < 4.78 is 10.5. The van der Waals surface area contributed by atoms with Crippen molar-refractivity contribution in [3.8, 4) is 23.0 Å². The zero-order valence-electron chi connectivity index (χ0n) is 28.1. The smallest absolute Gasteiger partial charge is 0.509 e. The van der Waals surface area contributed by atoms with Gasteiger partial charge in [0.1, 0.15) is 5.82 Å². The number of ether oxygens (including phenoxy) is 1. The Morgan fingerprint density at radius 1 is 0.653 bits per heavy atom. The van der Waals surface area contributed by atoms with Crippen molar-refractivity contribution in [1.29, 1.82) is 0 Å². The molecule has 5 aromatic carbocycles. The van der Waals surface area contributed by atoms with Gasteiger partial charge in [0.2, 0.25) is 0 Å². The number of nitrogens with zero attached hydrogens (tertiary/aromatic N) is 4. The van der Waals surface area contributed by atoms with Gasteiger partial charge >= 0.3 is 21.1 Å². The van der Waals surface area contributed by atoms with E-state index in [0.717, 1.165) is 44.2 Å². The molecule has 8 aromatic rings. The molecule has 0 bridgehead atoms. The van der Waals surface area contributed by atoms with E-state index in [1.165, 1.54) is 16.7 Å². The van der Waals surface area contributed by atoms with E-state index in [4.69, 9.17) is 14.8 Å². The maximum Gasteiger partial charge on any atom is 2.00 e. The van der Waals surface area contributed by atoms with Gasteiger partial charge in [-0.05, 0) is 57.4 Å². The van der Waals surface area contributed by atoms with Crippen LogP contribution in [0.2, 0.25) is 0 Å². The molecule has 0 amide bonds. The molecule has 0 radical (unpaired) electrons. The molecule has 3 heterocycles. The van der Waals surface area contributed by atoms with Gasteiger partial charge in [-0.2, -0.15) is 17.2 Å². The molecule has 8 rings (SSSR count). The SMILES string of the molecule is CC(C)(C)c1ccnc(-n2c3[c-]c(Oc4[c-]c(-n5cc6ccccc6n5)ccc4)ccc3c3cc(C(C)(C)c4ccccc4)ccc32)c1.[Pt+2]. The third-order valence-electron chi connectivity index (χ3n) is 9.34. The van der Waals surface area contributed by atoms with Crippen LogP contribution in [0.5, 0.6) is 11.5 Å². The van der Waals surface area contributed by atoms with Crippen molar-refractivity contribution in [1.82, 2.24) is 19.3 Å². The molecule has 5 nitrogen and oxygen atoms in total. The Bertz CT molecular complexity index is 2420. The topological polar surface area (TPSA) is 44.9 Å². The maximum atomic E-state index is 6.44. The van der Waals surface area contributed by atoms with E-state index in [-0.39, 0.29) is 31.9 Å². The van der Waals surface area contributed by atoms with Gasteiger partial charge < -0.3 is 9.30 Å². The van der Waals surface area contributed by atoms with Gasteiger partial charge in [-0.25, -0.2) is 4.98 Å². The third kappa shape index (κ3) is 5.98. The van der Waals surface area contributed by atoms with Crippen LogP contribution in [0.3, 0.4) is 0 Å². The normalized spacial score (nSPS) is 12.0. The summed E-state index contributed by atoms with van der Waals surface area (Å²) in [7, 11) is 0. The van der Waals surface area contributed by atoms with Crippen molar-refractivity contribution < 1.29 is 25.8 Å². The van der Waals surface area contributed by atoms with Crippen LogP contribution in [0.1, 0.15) is 51.3 Å². The Morgan fingerprint density at radius 3 is 2.22 bits per heavy atom. The average Bonchev–Trinajstić information content (AvgIpc) is 3.67. The Labute approximate surface area is 301 Å². The number of benzene rings is 5. The van der Waals surface area contributed by atoms with Crippen molar-refractivity contribution in [2.24, 2.45) is 0 Å². The van der Waals surface area contributed by atoms with Crippen LogP contribution in [0.25, 0.3) is 44.2 Å². The number of rotatable bonds is 6. The van der Waals surface area contributed by atoms with Crippen molar-refractivity contribution in [2.45, 2.75) is 45.4 Å². The predicted octanol–water partition coefficient (Wildman–Crippen LogP) is 10.5. The average molecular weight is 820 g/mol. The van der Waals surface area contributed by atoms with Gasteiger partial charge in [0.15, 0.2) is 0 Å². The first kappa shape index (κ1) is 32.6. The predicted molar refractivity (Wildman–Crippen MR) is 195 cm³/mol. The van der Waals surface area contributed by atoms with Gasteiger partial charge in [-0.3, -0.25) is 4.68 Å². The molecule has 0 aliphatic rings. The molecule has 244 valence electrons. The molecule has 0 N–H and O–H groups in total. The Morgan fingerprint density at radius 2 is 1.43 bits per heavy atom. The van der Waals surface area contributed by atoms with Crippen molar-refractivity contribution in [3.63, 3.8) is 0 Å². The molecule has 0 saturated heterocycles. The van der Waals surface area contributed by atoms with E-state index in [0.29, 0.717) is 11.5 Å². The van der Waals surface area contributed by atoms with E-state index in [2.05, 4.69) is 124 Å². The van der Waals surface area contributed by atoms with E-state index in [1.807, 2.05) is 59.5 Å². The fourth-order valence-corrected chi connectivity index (χ4v) is 6.48. The molecule has 3 aromatic heterocycles. The van der Waals surface area contributed by atoms with Crippen molar-refractivity contribution in [3.05, 3.63) is 156 Å². The van der Waals surface area contributed by atoms with Gasteiger partial charge in [0, 0.05) is 40.2 Å². The van der Waals surface area contributed by atoms with E-state index in [9.17, 15) is 0 Å². The van der Waals surface area contributed by atoms with Crippen molar-refractivity contribution >= 4 is 32.7 Å². The third-order valence-corrected chi connectivity index (χ3v) is 9.34. The molecule has 6 heteroatoms. The minimum Gasteiger partial charge on any atom is -0.509 e. The molecule has 0 aliphatic heterocycles. The molecule has 49 heavy (non-hydrogen) atoms. The second-order valence-corrected chi connectivity index (χ2v) is 13.9. The molecule has 0 aliphatic carbocycles. The van der Waals surface area contributed by atoms with Crippen LogP contribution in [0.4, 0.5) is 0 Å². The zero-order chi connectivity index (χ0) is 33.0. The van der Waals surface area contributed by atoms with Gasteiger partial charge in [-0.15, -0.1) is 35.7 Å². The molecule has 0 saturated carbocycles. The fraction of sp³-hybridized carbons (Fsp3) is 0.163. The Kier molecular flexibility index (Phi) is 8.29. The number of pyridine rings is 1. The number of hydrogen-bond acceptors (Lipinski definition) is 3. The molecule has 0 unspecified atom stereocenters. The van der Waals surface area contributed by atoms with Crippen LogP contribution in [0, 0.1) is 12.1 Å². The molecular formula is C43H36N4OPt. The van der Waals surface area contributed by atoms with Gasteiger partial charge in [0.25, 0.3) is 0 Å². The van der Waals surface area contributed by atoms with Crippen LogP contribution >= 0.6 is 0 Å². The Hall–Kier alpha value is -4.99. The van der Waals surface area contributed by atoms with E-state index >= 15 is 0 Å². The van der Waals surface area contributed by atoms with Crippen LogP contribution in [-0.4, -0.2) is 19.3 Å². The first-order valence-corrected chi connectivity index (χ1v) is 16.3. The summed E-state index contributed by atoms with van der Waals surface area (Å²) in [4.78, 5) is 4.88. The summed E-state index contributed by atoms with van der Waals surface area (Å²) in [6.07, 6.45) is 3.91. The number of hydrogen-bond donors (Lipinski definition) is 0. The first-order chi connectivity index (χ1) is 23.1. The summed E-state index contributed by atoms with van der Waals surface area (Å²) in [5.74, 6) is 2.04. The number of aromatic nitrogens is 4. The Balaban J connectivity index is 0.00000378. The fourth-order valence-electron chi connectivity index (χ4n) is 6.48. The minimum atomic E-state index is -0.178. The molecule has 0 atom stereocenters. The summed E-state index contributed by atoms with van der Waals surface area (Å²) >= 11 is 0. The monoisotopic (exact) mass is 819 g/mol.